The highest BCUT2D eigenvalue weighted by Crippen LogP contribution is 2.31. The van der Waals surface area contributed by atoms with Gasteiger partial charge in [-0.05, 0) is 30.5 Å². The third kappa shape index (κ3) is 4.64. The second-order valence-corrected chi connectivity index (χ2v) is 9.20. The summed E-state index contributed by atoms with van der Waals surface area (Å²) in [4.78, 5) is 27.9. The average molecular weight is 473 g/mol. The lowest BCUT2D eigenvalue weighted by Gasteiger charge is -2.21. The molecular weight excluding hydrogens is 444 g/mol. The summed E-state index contributed by atoms with van der Waals surface area (Å²) >= 11 is 0. The number of carbonyl (C=O) groups excluding carboxylic acids is 1. The smallest absolute Gasteiger partial charge is 0.233 e. The fraction of sp³-hybridized carbons (Fsp3) is 0.360. The minimum atomic E-state index is -0.284. The summed E-state index contributed by atoms with van der Waals surface area (Å²) in [6.07, 6.45) is 6.30. The van der Waals surface area contributed by atoms with Crippen LogP contribution in [0, 0.1) is 5.92 Å². The quantitative estimate of drug-likeness (QED) is 0.433. The molecule has 0 bridgehead atoms. The molecule has 10 heteroatoms. The maximum atomic E-state index is 12.3. The van der Waals surface area contributed by atoms with Crippen LogP contribution in [0.3, 0.4) is 0 Å². The van der Waals surface area contributed by atoms with Gasteiger partial charge in [0.2, 0.25) is 11.9 Å². The Hall–Kier alpha value is -4.08. The van der Waals surface area contributed by atoms with Gasteiger partial charge in [0.25, 0.3) is 0 Å². The number of hydrogen-bond donors (Lipinski definition) is 1. The van der Waals surface area contributed by atoms with Gasteiger partial charge in [0.05, 0.1) is 29.3 Å². The Kier molecular flexibility index (Phi) is 6.02. The molecule has 1 aliphatic rings. The van der Waals surface area contributed by atoms with Crippen LogP contribution in [0.2, 0.25) is 0 Å². The molecule has 1 saturated heterocycles. The zero-order valence-corrected chi connectivity index (χ0v) is 20.2. The zero-order valence-electron chi connectivity index (χ0n) is 20.2. The summed E-state index contributed by atoms with van der Waals surface area (Å²) in [6, 6.07) is 9.32. The van der Waals surface area contributed by atoms with Crippen LogP contribution in [0.15, 0.2) is 53.4 Å². The van der Waals surface area contributed by atoms with Crippen LogP contribution in [0.4, 0.5) is 5.95 Å². The van der Waals surface area contributed by atoms with E-state index in [0.717, 1.165) is 18.5 Å². The number of hydrogen-bond acceptors (Lipinski definition) is 8. The number of aryl methyl sites for hydroxylation is 1. The summed E-state index contributed by atoms with van der Waals surface area (Å²) in [5.74, 6) is 1.17. The molecule has 10 nitrogen and oxygen atoms in total. The van der Waals surface area contributed by atoms with Gasteiger partial charge in [0.1, 0.15) is 17.4 Å². The van der Waals surface area contributed by atoms with Gasteiger partial charge in [-0.3, -0.25) is 9.48 Å². The zero-order chi connectivity index (χ0) is 24.5. The van der Waals surface area contributed by atoms with Gasteiger partial charge < -0.3 is 14.7 Å². The number of rotatable bonds is 7. The van der Waals surface area contributed by atoms with E-state index in [2.05, 4.69) is 34.4 Å². The number of nitrogens with one attached hydrogen (secondary N) is 1. The number of likely N-dealkylation sites (tertiary alicyclic amines) is 1. The Labute approximate surface area is 203 Å². The standard InChI is InChI=1S/C25H28N8O2/c1-15(2)23(16-13-27-33(4)14-16)30-25-26-10-8-20(29-25)18-6-5-7-19(28-18)21-12-22(35-31-21)17-9-11-32(3)24(17)34/h5-8,10,12-15,17,23H,9,11H2,1-4H3,(H,26,29,30)/t17-,23-/m0/s1. The van der Waals surface area contributed by atoms with Crippen molar-refractivity contribution in [3.8, 4) is 22.8 Å². The Bertz CT molecular complexity index is 1340. The van der Waals surface area contributed by atoms with Crippen molar-refractivity contribution in [1.82, 2.24) is 34.8 Å². The van der Waals surface area contributed by atoms with E-state index in [1.807, 2.05) is 49.8 Å². The lowest BCUT2D eigenvalue weighted by atomic mass is 9.99. The number of aromatic nitrogens is 6. The lowest BCUT2D eigenvalue weighted by molar-refractivity contribution is -0.128. The maximum absolute atomic E-state index is 12.3. The van der Waals surface area contributed by atoms with E-state index in [0.29, 0.717) is 40.4 Å². The number of nitrogens with zero attached hydrogens (tertiary/aromatic N) is 7. The molecule has 5 heterocycles. The molecule has 4 aromatic rings. The first kappa shape index (κ1) is 22.7. The van der Waals surface area contributed by atoms with Gasteiger partial charge in [0, 0.05) is 44.7 Å². The van der Waals surface area contributed by atoms with Crippen LogP contribution in [0.1, 0.15) is 43.6 Å². The first-order valence-electron chi connectivity index (χ1n) is 11.7. The molecular formula is C25H28N8O2. The van der Waals surface area contributed by atoms with E-state index >= 15 is 0 Å². The summed E-state index contributed by atoms with van der Waals surface area (Å²) in [6.45, 7) is 5.00. The average Bonchev–Trinajstić information content (AvgIpc) is 3.59. The van der Waals surface area contributed by atoms with Gasteiger partial charge in [-0.1, -0.05) is 25.1 Å². The maximum Gasteiger partial charge on any atom is 0.233 e. The molecule has 1 amide bonds. The third-order valence-electron chi connectivity index (χ3n) is 6.26. The highest BCUT2D eigenvalue weighted by Gasteiger charge is 2.33. The first-order chi connectivity index (χ1) is 16.9. The summed E-state index contributed by atoms with van der Waals surface area (Å²) in [5.41, 5.74) is 3.70. The Morgan fingerprint density at radius 2 is 1.86 bits per heavy atom. The van der Waals surface area contributed by atoms with Crippen LogP contribution in [0.5, 0.6) is 0 Å². The number of likely N-dealkylation sites (N-methyl/N-ethyl adjacent to an activating group) is 1. The molecule has 1 N–H and O–H groups in total. The van der Waals surface area contributed by atoms with Gasteiger partial charge in [-0.25, -0.2) is 15.0 Å². The van der Waals surface area contributed by atoms with Gasteiger partial charge in [-0.15, -0.1) is 0 Å². The van der Waals surface area contributed by atoms with Crippen molar-refractivity contribution >= 4 is 11.9 Å². The minimum Gasteiger partial charge on any atom is -0.360 e. The van der Waals surface area contributed by atoms with Crippen molar-refractivity contribution in [3.63, 3.8) is 0 Å². The number of pyridine rings is 1. The van der Waals surface area contributed by atoms with Gasteiger partial charge in [-0.2, -0.15) is 5.10 Å². The van der Waals surface area contributed by atoms with Crippen LogP contribution >= 0.6 is 0 Å². The van der Waals surface area contributed by atoms with Crippen molar-refractivity contribution < 1.29 is 9.32 Å². The van der Waals surface area contributed by atoms with Crippen LogP contribution in [-0.4, -0.2) is 54.3 Å². The minimum absolute atomic E-state index is 0.0177. The topological polar surface area (TPSA) is 115 Å². The summed E-state index contributed by atoms with van der Waals surface area (Å²) < 4.78 is 7.30. The fourth-order valence-corrected chi connectivity index (χ4v) is 4.33. The highest BCUT2D eigenvalue weighted by atomic mass is 16.5. The highest BCUT2D eigenvalue weighted by molar-refractivity contribution is 5.85. The van der Waals surface area contributed by atoms with Crippen molar-refractivity contribution in [3.05, 3.63) is 60.2 Å². The molecule has 2 atom stereocenters. The molecule has 4 aromatic heterocycles. The molecule has 0 unspecified atom stereocenters. The van der Waals surface area contributed by atoms with E-state index in [-0.39, 0.29) is 17.9 Å². The van der Waals surface area contributed by atoms with E-state index in [4.69, 9.17) is 14.5 Å². The summed E-state index contributed by atoms with van der Waals surface area (Å²) in [5, 5.41) is 11.9. The van der Waals surface area contributed by atoms with Gasteiger partial charge >= 0.3 is 0 Å². The molecule has 35 heavy (non-hydrogen) atoms. The normalized spacial score (nSPS) is 16.8. The number of amides is 1. The Morgan fingerprint density at radius 3 is 2.54 bits per heavy atom. The molecule has 5 rings (SSSR count). The molecule has 0 spiro atoms. The van der Waals surface area contributed by atoms with E-state index in [9.17, 15) is 4.79 Å². The Balaban J connectivity index is 1.38. The third-order valence-corrected chi connectivity index (χ3v) is 6.26. The predicted octanol–water partition coefficient (Wildman–Crippen LogP) is 3.68. The van der Waals surface area contributed by atoms with Crippen molar-refractivity contribution in [2.24, 2.45) is 13.0 Å². The van der Waals surface area contributed by atoms with Crippen LogP contribution in [0.25, 0.3) is 22.8 Å². The van der Waals surface area contributed by atoms with E-state index < -0.39 is 0 Å². The van der Waals surface area contributed by atoms with E-state index in [1.54, 1.807) is 22.8 Å². The second-order valence-electron chi connectivity index (χ2n) is 9.20. The number of carbonyl (C=O) groups is 1. The lowest BCUT2D eigenvalue weighted by Crippen LogP contribution is -2.21. The monoisotopic (exact) mass is 472 g/mol. The fourth-order valence-electron chi connectivity index (χ4n) is 4.33. The van der Waals surface area contributed by atoms with Crippen LogP contribution < -0.4 is 5.32 Å². The predicted molar refractivity (Wildman–Crippen MR) is 130 cm³/mol. The second kappa shape index (κ2) is 9.28. The molecule has 0 saturated carbocycles. The first-order valence-corrected chi connectivity index (χ1v) is 11.7. The molecule has 180 valence electrons. The van der Waals surface area contributed by atoms with Crippen molar-refractivity contribution in [2.75, 3.05) is 18.9 Å². The molecule has 0 radical (unpaired) electrons. The molecule has 1 aliphatic heterocycles. The van der Waals surface area contributed by atoms with Crippen molar-refractivity contribution in [1.29, 1.82) is 0 Å². The van der Waals surface area contributed by atoms with Crippen molar-refractivity contribution in [2.45, 2.75) is 32.2 Å². The number of anilines is 1. The van der Waals surface area contributed by atoms with Gasteiger partial charge in [0.15, 0.2) is 0 Å². The SMILES string of the molecule is CC(C)[C@H](Nc1nccc(-c2cccc(-c3cc([C@@H]4CCN(C)C4=O)on3)n2)n1)c1cnn(C)c1. The molecule has 0 aliphatic carbocycles. The summed E-state index contributed by atoms with van der Waals surface area (Å²) in [7, 11) is 3.70. The largest absolute Gasteiger partial charge is 0.360 e. The molecule has 1 fully saturated rings. The van der Waals surface area contributed by atoms with E-state index in [1.165, 1.54) is 0 Å². The Morgan fingerprint density at radius 1 is 1.09 bits per heavy atom. The molecule has 0 aromatic carbocycles. The van der Waals surface area contributed by atoms with Crippen LogP contribution in [-0.2, 0) is 11.8 Å².